The number of rotatable bonds is 16. The van der Waals surface area contributed by atoms with Gasteiger partial charge in [0.15, 0.2) is 29.2 Å². The van der Waals surface area contributed by atoms with Crippen molar-refractivity contribution < 1.29 is 66.6 Å². The normalized spacial score (nSPS) is 42.1. The Labute approximate surface area is 407 Å². The SMILES string of the molecule is CCO[C@]1(C)C[C@@H](C)C(=NOC(C)(C)OC)[C@H](C)[C@@H](O)[C@](C)(O)[C@@H](CC)OC(=O)[C@H](C)[C@@H](O[C@H]2C[C@@](C)(OC)[C@@H](O[Si](C)(C)C)[C@H](C)O2)[C@H](C)[C@H]1O[C@@H]1O[C@H](C)C[C@H](N(C)C)[C@H]1O[Si](C)(C)C. The molecule has 18 atom stereocenters. The lowest BCUT2D eigenvalue weighted by Crippen LogP contribution is -2.63. The fraction of sp³-hybridized carbons (Fsp3) is 0.959. The summed E-state index contributed by atoms with van der Waals surface area (Å²) in [6.45, 7) is 37.5. The van der Waals surface area contributed by atoms with Gasteiger partial charge in [0.2, 0.25) is 5.79 Å². The van der Waals surface area contributed by atoms with E-state index < -0.39 is 118 Å². The van der Waals surface area contributed by atoms with Gasteiger partial charge in [-0.3, -0.25) is 4.79 Å². The summed E-state index contributed by atoms with van der Waals surface area (Å²) in [6, 6.07) is -0.0381. The van der Waals surface area contributed by atoms with E-state index in [2.05, 4.69) is 63.4 Å². The van der Waals surface area contributed by atoms with Crippen LogP contribution in [-0.2, 0) is 56.4 Å². The lowest BCUT2D eigenvalue weighted by atomic mass is 9.73. The number of cyclic esters (lactones) is 1. The maximum Gasteiger partial charge on any atom is 0.311 e. The minimum atomic E-state index is -2.20. The van der Waals surface area contributed by atoms with Gasteiger partial charge < -0.3 is 66.7 Å². The Morgan fingerprint density at radius 2 is 1.43 bits per heavy atom. The van der Waals surface area contributed by atoms with Crippen LogP contribution in [0.2, 0.25) is 39.3 Å². The Hall–Kier alpha value is -1.11. The van der Waals surface area contributed by atoms with E-state index in [1.807, 2.05) is 48.5 Å². The first kappa shape index (κ1) is 60.2. The monoisotopic (exact) mass is 993 g/mol. The van der Waals surface area contributed by atoms with Crippen molar-refractivity contribution in [2.45, 2.75) is 245 Å². The number of aliphatic hydroxyl groups excluding tert-OH is 1. The first-order valence-electron chi connectivity index (χ1n) is 24.9. The molecule has 0 spiro atoms. The van der Waals surface area contributed by atoms with E-state index in [9.17, 15) is 15.0 Å². The van der Waals surface area contributed by atoms with Crippen LogP contribution in [0, 0.1) is 23.7 Å². The molecule has 16 nitrogen and oxygen atoms in total. The zero-order valence-electron chi connectivity index (χ0n) is 45.9. The highest BCUT2D eigenvalue weighted by Crippen LogP contribution is 2.43. The Morgan fingerprint density at radius 3 is 1.94 bits per heavy atom. The van der Waals surface area contributed by atoms with Crippen LogP contribution in [0.15, 0.2) is 5.16 Å². The summed E-state index contributed by atoms with van der Waals surface area (Å²) in [4.78, 5) is 23.1. The number of carbonyl (C=O) groups excluding carboxylic acids is 1. The minimum absolute atomic E-state index is 0.0381. The van der Waals surface area contributed by atoms with E-state index in [1.54, 1.807) is 41.7 Å². The maximum atomic E-state index is 14.8. The van der Waals surface area contributed by atoms with Crippen LogP contribution in [-0.4, -0.2) is 168 Å². The number of oxime groups is 1. The molecule has 0 bridgehead atoms. The van der Waals surface area contributed by atoms with Crippen LogP contribution >= 0.6 is 0 Å². The van der Waals surface area contributed by atoms with Crippen molar-refractivity contribution >= 4 is 28.3 Å². The quantitative estimate of drug-likeness (QED) is 0.0665. The minimum Gasteiger partial charge on any atom is -0.459 e. The molecule has 2 N–H and O–H groups in total. The summed E-state index contributed by atoms with van der Waals surface area (Å²) in [6.07, 6.45) is -5.98. The van der Waals surface area contributed by atoms with Crippen molar-refractivity contribution in [2.75, 3.05) is 34.9 Å². The molecule has 3 heterocycles. The molecule has 3 aliphatic heterocycles. The fourth-order valence-electron chi connectivity index (χ4n) is 10.3. The number of hydrogen-bond donors (Lipinski definition) is 2. The number of carbonyl (C=O) groups is 1. The number of esters is 1. The van der Waals surface area contributed by atoms with E-state index in [1.165, 1.54) is 14.0 Å². The molecule has 3 rings (SSSR count). The zero-order chi connectivity index (χ0) is 51.4. The molecule has 3 fully saturated rings. The first-order valence-corrected chi connectivity index (χ1v) is 31.7. The zero-order valence-corrected chi connectivity index (χ0v) is 47.9. The molecular formula is C49H96N2O14Si2. The van der Waals surface area contributed by atoms with Gasteiger partial charge in [-0.05, 0) is 121 Å². The summed E-state index contributed by atoms with van der Waals surface area (Å²) in [5, 5.41) is 29.2. The lowest BCUT2D eigenvalue weighted by Gasteiger charge is -2.52. The summed E-state index contributed by atoms with van der Waals surface area (Å²) >= 11 is 0. The lowest BCUT2D eigenvalue weighted by molar-refractivity contribution is -0.318. The summed E-state index contributed by atoms with van der Waals surface area (Å²) in [5.74, 6) is -4.57. The van der Waals surface area contributed by atoms with Crippen molar-refractivity contribution in [2.24, 2.45) is 28.8 Å². The van der Waals surface area contributed by atoms with Crippen LogP contribution in [0.25, 0.3) is 0 Å². The summed E-state index contributed by atoms with van der Waals surface area (Å²) in [7, 11) is 3.05. The van der Waals surface area contributed by atoms with E-state index in [0.717, 1.165) is 6.42 Å². The molecular weight excluding hydrogens is 897 g/mol. The Bertz CT molecular complexity index is 1590. The average molecular weight is 993 g/mol. The Kier molecular flexibility index (Phi) is 21.2. The van der Waals surface area contributed by atoms with E-state index >= 15 is 0 Å². The third-order valence-corrected chi connectivity index (χ3v) is 16.0. The molecule has 0 unspecified atom stereocenters. The number of aliphatic hydroxyl groups is 2. The third kappa shape index (κ3) is 15.5. The average Bonchev–Trinajstić information content (AvgIpc) is 3.20. The largest absolute Gasteiger partial charge is 0.459 e. The predicted molar refractivity (Wildman–Crippen MR) is 265 cm³/mol. The van der Waals surface area contributed by atoms with Gasteiger partial charge in [-0.25, -0.2) is 0 Å². The van der Waals surface area contributed by atoms with Crippen molar-refractivity contribution in [3.8, 4) is 0 Å². The van der Waals surface area contributed by atoms with E-state index in [4.69, 9.17) is 51.6 Å². The number of nitrogens with zero attached hydrogens (tertiary/aromatic N) is 2. The molecule has 394 valence electrons. The number of hydrogen-bond acceptors (Lipinski definition) is 16. The third-order valence-electron chi connectivity index (χ3n) is 14.1. The second-order valence-electron chi connectivity index (χ2n) is 23.1. The predicted octanol–water partition coefficient (Wildman–Crippen LogP) is 7.73. The molecule has 18 heteroatoms. The second-order valence-corrected chi connectivity index (χ2v) is 32.0. The van der Waals surface area contributed by atoms with Gasteiger partial charge in [-0.15, -0.1) is 0 Å². The van der Waals surface area contributed by atoms with Gasteiger partial charge in [0.25, 0.3) is 0 Å². The molecule has 0 aromatic rings. The molecule has 0 aromatic carbocycles. The fourth-order valence-corrected chi connectivity index (χ4v) is 12.6. The van der Waals surface area contributed by atoms with Crippen LogP contribution < -0.4 is 0 Å². The van der Waals surface area contributed by atoms with Crippen molar-refractivity contribution in [1.82, 2.24) is 4.90 Å². The summed E-state index contributed by atoms with van der Waals surface area (Å²) < 4.78 is 67.0. The number of likely N-dealkylation sites (N-methyl/N-ethyl adjacent to an activating group) is 1. The van der Waals surface area contributed by atoms with Gasteiger partial charge in [0, 0.05) is 64.9 Å². The first-order chi connectivity index (χ1) is 30.6. The molecule has 3 aliphatic rings. The maximum absolute atomic E-state index is 14.8. The molecule has 0 radical (unpaired) electrons. The van der Waals surface area contributed by atoms with Gasteiger partial charge in [0.1, 0.15) is 17.8 Å². The highest BCUT2D eigenvalue weighted by atomic mass is 28.4. The molecule has 0 saturated carbocycles. The topological polar surface area (TPSA) is 175 Å². The smallest absolute Gasteiger partial charge is 0.311 e. The van der Waals surface area contributed by atoms with Crippen molar-refractivity contribution in [1.29, 1.82) is 0 Å². The van der Waals surface area contributed by atoms with Gasteiger partial charge >= 0.3 is 5.97 Å². The van der Waals surface area contributed by atoms with Crippen LogP contribution in [0.5, 0.6) is 0 Å². The molecule has 0 aliphatic carbocycles. The Balaban J connectivity index is 2.42. The van der Waals surface area contributed by atoms with Crippen molar-refractivity contribution in [3.63, 3.8) is 0 Å². The summed E-state index contributed by atoms with van der Waals surface area (Å²) in [5.41, 5.74) is -3.42. The molecule has 67 heavy (non-hydrogen) atoms. The van der Waals surface area contributed by atoms with Gasteiger partial charge in [0.05, 0.1) is 59.5 Å². The second kappa shape index (κ2) is 23.6. The van der Waals surface area contributed by atoms with E-state index in [0.29, 0.717) is 25.2 Å². The molecule has 3 saturated heterocycles. The Morgan fingerprint density at radius 1 is 0.836 bits per heavy atom. The molecule has 0 amide bonds. The molecule has 0 aromatic heterocycles. The standard InChI is InChI=1S/C49H96N2O14Si2/c1-24-36-49(13,54)41(52)31(5)38(50-65-46(9,10)55-16)29(3)27-48(12,57-25-2)42(62-45-40(63-66(18,19)20)35(51(14)15)26-30(4)58-45)32(6)39(33(7)44(53)60-36)61-37-28-47(11,56-17)43(34(8)59-37)64-67(21,22)23/h29-37,39-43,45,52,54H,24-28H2,1-23H3/t29-,30-,31+,32+,33-,34+,35+,36-,37+,39+,40-,41-,42-,43+,45+,47-,48-,49-/m1/s1. The highest BCUT2D eigenvalue weighted by Gasteiger charge is 2.55. The van der Waals surface area contributed by atoms with Crippen molar-refractivity contribution in [3.05, 3.63) is 0 Å². The van der Waals surface area contributed by atoms with E-state index in [-0.39, 0.29) is 24.7 Å². The van der Waals surface area contributed by atoms with Gasteiger partial charge in [-0.1, -0.05) is 32.9 Å². The van der Waals surface area contributed by atoms with Crippen LogP contribution in [0.4, 0.5) is 0 Å². The highest BCUT2D eigenvalue weighted by molar-refractivity contribution is 6.70. The van der Waals surface area contributed by atoms with Crippen LogP contribution in [0.1, 0.15) is 116 Å². The van der Waals surface area contributed by atoms with Gasteiger partial charge in [-0.2, -0.15) is 0 Å². The number of methoxy groups -OCH3 is 2. The van der Waals surface area contributed by atoms with Crippen LogP contribution in [0.3, 0.4) is 0 Å². The number of ether oxygens (including phenoxy) is 8.